The Morgan fingerprint density at radius 3 is 1.50 bits per heavy atom. The summed E-state index contributed by atoms with van der Waals surface area (Å²) in [7, 11) is 0.380. The van der Waals surface area contributed by atoms with Crippen LogP contribution in [0, 0.1) is 0 Å². The molecule has 0 amide bonds. The van der Waals surface area contributed by atoms with E-state index in [9.17, 15) is 19.8 Å². The van der Waals surface area contributed by atoms with Crippen molar-refractivity contribution in [3.05, 3.63) is 35.4 Å². The average Bonchev–Trinajstić information content (AvgIpc) is 2.17. The maximum Gasteiger partial charge on any atom is 2.00 e. The fourth-order valence-electron chi connectivity index (χ4n) is 0.773. The smallest absolute Gasteiger partial charge is 0.545 e. The summed E-state index contributed by atoms with van der Waals surface area (Å²) in [6, 6.07) is 4.81. The molecular formula is C11H15CaO5P. The molecule has 18 heavy (non-hydrogen) atoms. The van der Waals surface area contributed by atoms with E-state index in [0.717, 1.165) is 6.07 Å². The van der Waals surface area contributed by atoms with Crippen LogP contribution in [0.4, 0.5) is 0 Å². The summed E-state index contributed by atoms with van der Waals surface area (Å²) < 4.78 is 0. The van der Waals surface area contributed by atoms with E-state index in [-0.39, 0.29) is 54.3 Å². The minimum Gasteiger partial charge on any atom is -0.545 e. The van der Waals surface area contributed by atoms with Crippen LogP contribution in [0.5, 0.6) is 0 Å². The van der Waals surface area contributed by atoms with Crippen LogP contribution in [0.2, 0.25) is 0 Å². The quantitative estimate of drug-likeness (QED) is 0.492. The molecule has 1 aromatic rings. The second kappa shape index (κ2) is 11.9. The second-order valence-electron chi connectivity index (χ2n) is 3.50. The number of rotatable bonds is 2. The summed E-state index contributed by atoms with van der Waals surface area (Å²) in [5, 5.41) is 20.5. The normalized spacial score (nSPS) is 8.22. The van der Waals surface area contributed by atoms with Crippen molar-refractivity contribution in [3.63, 3.8) is 0 Å². The van der Waals surface area contributed by atoms with Gasteiger partial charge in [-0.3, -0.25) is 0 Å². The van der Waals surface area contributed by atoms with Gasteiger partial charge in [-0.05, 0) is 37.2 Å². The Hall–Kier alpha value is -0.190. The molecule has 0 bridgehead atoms. The number of aromatic carboxylic acids is 2. The zero-order valence-electron chi connectivity index (χ0n) is 10.6. The third-order valence-electron chi connectivity index (χ3n) is 1.33. The van der Waals surface area contributed by atoms with Crippen LogP contribution in [0.25, 0.3) is 0 Å². The molecule has 2 N–H and O–H groups in total. The van der Waals surface area contributed by atoms with Gasteiger partial charge in [0, 0.05) is 0 Å². The Labute approximate surface area is 137 Å². The zero-order valence-corrected chi connectivity index (χ0v) is 13.7. The molecule has 1 aromatic carbocycles. The van der Waals surface area contributed by atoms with E-state index in [1.807, 2.05) is 0 Å². The molecule has 0 aliphatic rings. The molecular weight excluding hydrogens is 283 g/mol. The van der Waals surface area contributed by atoms with Gasteiger partial charge in [-0.1, -0.05) is 18.2 Å². The van der Waals surface area contributed by atoms with Gasteiger partial charge < -0.3 is 25.3 Å². The molecule has 5 nitrogen and oxygen atoms in total. The molecule has 7 heteroatoms. The van der Waals surface area contributed by atoms with Crippen molar-refractivity contribution in [2.45, 2.75) is 0 Å². The second-order valence-corrected chi connectivity index (χ2v) is 6.18. The summed E-state index contributed by atoms with van der Waals surface area (Å²) in [4.78, 5) is 20.5. The average molecular weight is 298 g/mol. The standard InChI is InChI=1S/C8H6O4.C3H9P.Ca.H2O/c9-7(10)5-2-1-3-6(4-5)8(11)12;1-4(2)3;;/h1-4H,(H,9,10)(H,11,12);1-3H3;;1H2/q;;+2;/p-2. The maximum absolute atomic E-state index is 10.3. The van der Waals surface area contributed by atoms with Crippen molar-refractivity contribution < 1.29 is 25.3 Å². The van der Waals surface area contributed by atoms with Crippen molar-refractivity contribution in [3.8, 4) is 0 Å². The predicted octanol–water partition coefficient (Wildman–Crippen LogP) is -1.43. The summed E-state index contributed by atoms with van der Waals surface area (Å²) in [6.45, 7) is 6.69. The summed E-state index contributed by atoms with van der Waals surface area (Å²) in [5.74, 6) is -2.81. The molecule has 0 atom stereocenters. The zero-order chi connectivity index (χ0) is 12.7. The number of hydrogen-bond acceptors (Lipinski definition) is 4. The molecule has 0 radical (unpaired) electrons. The number of benzene rings is 1. The molecule has 0 unspecified atom stereocenters. The van der Waals surface area contributed by atoms with Gasteiger partial charge in [0.05, 0.1) is 11.9 Å². The minimum absolute atomic E-state index is 0. The van der Waals surface area contributed by atoms with Crippen LogP contribution in [0.1, 0.15) is 20.7 Å². The number of carbonyl (C=O) groups is 2. The summed E-state index contributed by atoms with van der Waals surface area (Å²) >= 11 is 0. The topological polar surface area (TPSA) is 112 Å². The van der Waals surface area contributed by atoms with E-state index in [1.165, 1.54) is 18.2 Å². The summed E-state index contributed by atoms with van der Waals surface area (Å²) in [6.07, 6.45) is 0. The van der Waals surface area contributed by atoms with Gasteiger partial charge in [-0.15, -0.1) is 7.92 Å². The third-order valence-corrected chi connectivity index (χ3v) is 1.33. The molecule has 0 aliphatic carbocycles. The van der Waals surface area contributed by atoms with Gasteiger partial charge in [0.25, 0.3) is 0 Å². The van der Waals surface area contributed by atoms with E-state index in [1.54, 1.807) is 0 Å². The molecule has 0 aliphatic heterocycles. The van der Waals surface area contributed by atoms with Gasteiger partial charge in [-0.25, -0.2) is 0 Å². The summed E-state index contributed by atoms with van der Waals surface area (Å²) in [5.41, 5.74) is -0.339. The monoisotopic (exact) mass is 298 g/mol. The Balaban J connectivity index is -0.000000332. The fourth-order valence-corrected chi connectivity index (χ4v) is 0.773. The predicted molar refractivity (Wildman–Crippen MR) is 69.2 cm³/mol. The number of carboxylic acid groups (broad SMARTS) is 2. The molecule has 0 spiro atoms. The van der Waals surface area contributed by atoms with Gasteiger partial charge in [-0.2, -0.15) is 0 Å². The minimum atomic E-state index is -1.40. The van der Waals surface area contributed by atoms with Crippen molar-refractivity contribution in [2.24, 2.45) is 0 Å². The van der Waals surface area contributed by atoms with Crippen molar-refractivity contribution in [1.29, 1.82) is 0 Å². The van der Waals surface area contributed by atoms with Crippen molar-refractivity contribution in [1.82, 2.24) is 0 Å². The van der Waals surface area contributed by atoms with Gasteiger partial charge >= 0.3 is 37.7 Å². The molecule has 96 valence electrons. The van der Waals surface area contributed by atoms with Crippen LogP contribution < -0.4 is 10.2 Å². The fraction of sp³-hybridized carbons (Fsp3) is 0.273. The largest absolute Gasteiger partial charge is 2.00 e. The first-order valence-corrected chi connectivity index (χ1v) is 7.16. The van der Waals surface area contributed by atoms with E-state index in [4.69, 9.17) is 0 Å². The molecule has 0 saturated carbocycles. The first-order chi connectivity index (χ1) is 7.34. The van der Waals surface area contributed by atoms with E-state index in [0.29, 0.717) is 7.92 Å². The Bertz CT molecular complexity index is 349. The van der Waals surface area contributed by atoms with Crippen LogP contribution in [0.15, 0.2) is 24.3 Å². The van der Waals surface area contributed by atoms with Crippen LogP contribution in [0.3, 0.4) is 0 Å². The van der Waals surface area contributed by atoms with Crippen LogP contribution in [-0.2, 0) is 0 Å². The van der Waals surface area contributed by atoms with Gasteiger partial charge in [0.1, 0.15) is 0 Å². The maximum atomic E-state index is 10.3. The van der Waals surface area contributed by atoms with E-state index >= 15 is 0 Å². The van der Waals surface area contributed by atoms with Crippen LogP contribution >= 0.6 is 7.92 Å². The molecule has 1 rings (SSSR count). The van der Waals surface area contributed by atoms with Crippen molar-refractivity contribution in [2.75, 3.05) is 20.0 Å². The van der Waals surface area contributed by atoms with Gasteiger partial charge in [0.15, 0.2) is 0 Å². The number of carbonyl (C=O) groups excluding carboxylic acids is 2. The Morgan fingerprint density at radius 2 is 1.28 bits per heavy atom. The number of carboxylic acids is 2. The third kappa shape index (κ3) is 10.9. The van der Waals surface area contributed by atoms with Crippen molar-refractivity contribution >= 4 is 57.6 Å². The number of hydrogen-bond donors (Lipinski definition) is 0. The van der Waals surface area contributed by atoms with Gasteiger partial charge in [0.2, 0.25) is 0 Å². The molecule has 0 heterocycles. The first-order valence-electron chi connectivity index (χ1n) is 4.48. The SMILES string of the molecule is CP(C)C.O.O=C([O-])c1cccc(C(=O)[O-])c1.[Ca+2]. The van der Waals surface area contributed by atoms with E-state index < -0.39 is 11.9 Å². The molecule has 0 saturated heterocycles. The Morgan fingerprint density at radius 1 is 1.00 bits per heavy atom. The Kier molecular flexibility index (Phi) is 15.1. The van der Waals surface area contributed by atoms with E-state index in [2.05, 4.69) is 20.0 Å². The molecule has 0 aromatic heterocycles. The van der Waals surface area contributed by atoms with Crippen LogP contribution in [-0.4, -0.2) is 75.1 Å². The first kappa shape index (κ1) is 22.9. The molecule has 0 fully saturated rings.